The molecule has 0 bridgehead atoms. The van der Waals surface area contributed by atoms with Gasteiger partial charge in [-0.15, -0.1) is 0 Å². The summed E-state index contributed by atoms with van der Waals surface area (Å²) in [7, 11) is 0. The highest BCUT2D eigenvalue weighted by molar-refractivity contribution is 8.00. The van der Waals surface area contributed by atoms with Gasteiger partial charge in [-0.2, -0.15) is 0 Å². The van der Waals surface area contributed by atoms with Gasteiger partial charge in [-0.05, 0) is 36.2 Å². The second-order valence-electron chi connectivity index (χ2n) is 4.31. The number of pyridine rings is 1. The second kappa shape index (κ2) is 8.27. The van der Waals surface area contributed by atoms with Gasteiger partial charge in [0.05, 0.1) is 10.8 Å². The number of carbonyl (C=O) groups is 1. The number of carbonyl (C=O) groups excluding carboxylic acids is 1. The van der Waals surface area contributed by atoms with Gasteiger partial charge in [0, 0.05) is 17.8 Å². The number of aromatic nitrogens is 1. The summed E-state index contributed by atoms with van der Waals surface area (Å²) in [6.45, 7) is 0.594. The Labute approximate surface area is 138 Å². The molecule has 0 radical (unpaired) electrons. The quantitative estimate of drug-likeness (QED) is 0.812. The number of nitrogens with one attached hydrogen (secondary N) is 1. The zero-order valence-electron chi connectivity index (χ0n) is 11.2. The number of rotatable bonds is 6. The minimum atomic E-state index is -0.0318. The summed E-state index contributed by atoms with van der Waals surface area (Å²) in [4.78, 5) is 15.9. The zero-order valence-corrected chi connectivity index (χ0v) is 13.5. The molecule has 1 aromatic carbocycles. The van der Waals surface area contributed by atoms with Crippen LogP contribution in [0.1, 0.15) is 5.56 Å². The molecule has 1 aromatic heterocycles. The molecule has 0 fully saturated rings. The van der Waals surface area contributed by atoms with Gasteiger partial charge in [-0.1, -0.05) is 47.1 Å². The fourth-order valence-corrected chi connectivity index (χ4v) is 2.78. The van der Waals surface area contributed by atoms with Crippen molar-refractivity contribution < 1.29 is 4.79 Å². The van der Waals surface area contributed by atoms with E-state index >= 15 is 0 Å². The van der Waals surface area contributed by atoms with Crippen LogP contribution < -0.4 is 5.32 Å². The average molecular weight is 341 g/mol. The molecule has 0 saturated carbocycles. The second-order valence-corrected chi connectivity index (χ2v) is 6.11. The van der Waals surface area contributed by atoms with E-state index in [1.54, 1.807) is 18.3 Å². The lowest BCUT2D eigenvalue weighted by atomic mass is 10.1. The highest BCUT2D eigenvalue weighted by Crippen LogP contribution is 2.23. The van der Waals surface area contributed by atoms with Crippen molar-refractivity contribution in [1.29, 1.82) is 0 Å². The molecule has 0 unspecified atom stereocenters. The van der Waals surface area contributed by atoms with Crippen molar-refractivity contribution in [2.75, 3.05) is 12.3 Å². The molecule has 0 aliphatic rings. The molecule has 21 heavy (non-hydrogen) atoms. The van der Waals surface area contributed by atoms with E-state index in [1.165, 1.54) is 11.8 Å². The van der Waals surface area contributed by atoms with Crippen molar-refractivity contribution in [2.45, 2.75) is 11.4 Å². The smallest absolute Gasteiger partial charge is 0.230 e. The van der Waals surface area contributed by atoms with Crippen LogP contribution in [0.15, 0.2) is 47.6 Å². The maximum Gasteiger partial charge on any atom is 0.230 e. The summed E-state index contributed by atoms with van der Waals surface area (Å²) in [6.07, 6.45) is 2.44. The van der Waals surface area contributed by atoms with Crippen molar-refractivity contribution in [2.24, 2.45) is 0 Å². The van der Waals surface area contributed by atoms with E-state index in [4.69, 9.17) is 23.2 Å². The first-order valence-corrected chi connectivity index (χ1v) is 8.14. The van der Waals surface area contributed by atoms with E-state index < -0.39 is 0 Å². The topological polar surface area (TPSA) is 42.0 Å². The molecule has 0 spiro atoms. The molecule has 3 nitrogen and oxygen atoms in total. The number of halogens is 2. The Morgan fingerprint density at radius 1 is 1.19 bits per heavy atom. The van der Waals surface area contributed by atoms with Crippen LogP contribution in [0.3, 0.4) is 0 Å². The van der Waals surface area contributed by atoms with E-state index in [0.29, 0.717) is 27.4 Å². The van der Waals surface area contributed by atoms with Gasteiger partial charge in [-0.25, -0.2) is 4.98 Å². The lowest BCUT2D eigenvalue weighted by Gasteiger charge is -2.06. The minimum Gasteiger partial charge on any atom is -0.355 e. The third kappa shape index (κ3) is 5.58. The van der Waals surface area contributed by atoms with Gasteiger partial charge in [0.1, 0.15) is 5.03 Å². The first kappa shape index (κ1) is 16.1. The fraction of sp³-hybridized carbons (Fsp3) is 0.200. The van der Waals surface area contributed by atoms with E-state index in [9.17, 15) is 4.79 Å². The van der Waals surface area contributed by atoms with E-state index in [-0.39, 0.29) is 5.91 Å². The molecule has 110 valence electrons. The number of benzene rings is 1. The number of hydrogen-bond acceptors (Lipinski definition) is 3. The third-order valence-corrected chi connectivity index (χ3v) is 4.39. The van der Waals surface area contributed by atoms with Crippen molar-refractivity contribution in [3.8, 4) is 0 Å². The summed E-state index contributed by atoms with van der Waals surface area (Å²) in [6, 6.07) is 11.1. The van der Waals surface area contributed by atoms with E-state index in [1.807, 2.05) is 24.3 Å². The van der Waals surface area contributed by atoms with Gasteiger partial charge in [0.15, 0.2) is 0 Å². The van der Waals surface area contributed by atoms with E-state index in [2.05, 4.69) is 10.3 Å². The van der Waals surface area contributed by atoms with Gasteiger partial charge in [-0.3, -0.25) is 4.79 Å². The van der Waals surface area contributed by atoms with Crippen LogP contribution in [0.25, 0.3) is 0 Å². The standard InChI is InChI=1S/C15H14Cl2N2OS/c16-12-5-3-11(4-6-12)7-9-18-14(20)10-21-15-13(17)2-1-8-19-15/h1-6,8H,7,9-10H2,(H,18,20). The lowest BCUT2D eigenvalue weighted by Crippen LogP contribution is -2.27. The van der Waals surface area contributed by atoms with Crippen molar-refractivity contribution >= 4 is 40.9 Å². The molecule has 6 heteroatoms. The molecular weight excluding hydrogens is 327 g/mol. The third-order valence-electron chi connectivity index (χ3n) is 2.71. The molecule has 2 rings (SSSR count). The van der Waals surface area contributed by atoms with Crippen LogP contribution in [0.5, 0.6) is 0 Å². The first-order valence-electron chi connectivity index (χ1n) is 6.39. The molecule has 2 aromatic rings. The largest absolute Gasteiger partial charge is 0.355 e. The average Bonchev–Trinajstić information content (AvgIpc) is 2.48. The summed E-state index contributed by atoms with van der Waals surface area (Å²) in [5.74, 6) is 0.271. The van der Waals surface area contributed by atoms with Crippen molar-refractivity contribution in [3.05, 3.63) is 58.2 Å². The van der Waals surface area contributed by atoms with Crippen LogP contribution in [-0.2, 0) is 11.2 Å². The monoisotopic (exact) mass is 340 g/mol. The number of hydrogen-bond donors (Lipinski definition) is 1. The highest BCUT2D eigenvalue weighted by atomic mass is 35.5. The van der Waals surface area contributed by atoms with Crippen LogP contribution in [0, 0.1) is 0 Å². The summed E-state index contributed by atoms with van der Waals surface area (Å²) in [5.41, 5.74) is 1.14. The Morgan fingerprint density at radius 3 is 2.67 bits per heavy atom. The molecule has 1 N–H and O–H groups in total. The Kier molecular flexibility index (Phi) is 6.36. The Balaban J connectivity index is 1.70. The minimum absolute atomic E-state index is 0.0318. The van der Waals surface area contributed by atoms with Gasteiger partial charge in [0.25, 0.3) is 0 Å². The maximum absolute atomic E-state index is 11.7. The predicted octanol–water partition coefficient (Wildman–Crippen LogP) is 3.84. The number of nitrogens with zero attached hydrogens (tertiary/aromatic N) is 1. The Hall–Kier alpha value is -1.23. The molecule has 1 heterocycles. The number of thioether (sulfide) groups is 1. The van der Waals surface area contributed by atoms with Crippen LogP contribution in [0.4, 0.5) is 0 Å². The van der Waals surface area contributed by atoms with Gasteiger partial charge in [0.2, 0.25) is 5.91 Å². The van der Waals surface area contributed by atoms with Gasteiger partial charge < -0.3 is 5.32 Å². The zero-order chi connectivity index (χ0) is 15.1. The van der Waals surface area contributed by atoms with Crippen LogP contribution in [-0.4, -0.2) is 23.2 Å². The molecule has 1 amide bonds. The molecule has 0 saturated heterocycles. The summed E-state index contributed by atoms with van der Waals surface area (Å²) in [5, 5.41) is 4.83. The molecular formula is C15H14Cl2N2OS. The lowest BCUT2D eigenvalue weighted by molar-refractivity contribution is -0.118. The Morgan fingerprint density at radius 2 is 1.95 bits per heavy atom. The fourth-order valence-electron chi connectivity index (χ4n) is 1.66. The van der Waals surface area contributed by atoms with Crippen molar-refractivity contribution in [3.63, 3.8) is 0 Å². The van der Waals surface area contributed by atoms with Crippen LogP contribution in [0.2, 0.25) is 10.0 Å². The predicted molar refractivity (Wildman–Crippen MR) is 88.1 cm³/mol. The molecule has 0 aliphatic heterocycles. The first-order chi connectivity index (χ1) is 10.1. The SMILES string of the molecule is O=C(CSc1ncccc1Cl)NCCc1ccc(Cl)cc1. The highest BCUT2D eigenvalue weighted by Gasteiger charge is 2.06. The van der Waals surface area contributed by atoms with Crippen molar-refractivity contribution in [1.82, 2.24) is 10.3 Å². The van der Waals surface area contributed by atoms with Crippen LogP contribution >= 0.6 is 35.0 Å². The normalized spacial score (nSPS) is 10.4. The summed E-state index contributed by atoms with van der Waals surface area (Å²) >= 11 is 13.1. The maximum atomic E-state index is 11.7. The molecule has 0 atom stereocenters. The Bertz CT molecular complexity index is 605. The van der Waals surface area contributed by atoms with Gasteiger partial charge >= 0.3 is 0 Å². The summed E-state index contributed by atoms with van der Waals surface area (Å²) < 4.78 is 0. The van der Waals surface area contributed by atoms with E-state index in [0.717, 1.165) is 12.0 Å². The molecule has 0 aliphatic carbocycles. The number of amides is 1.